The molecule has 1 aromatic carbocycles. The van der Waals surface area contributed by atoms with Gasteiger partial charge in [0.25, 0.3) is 0 Å². The fourth-order valence-corrected chi connectivity index (χ4v) is 1.39. The van der Waals surface area contributed by atoms with Gasteiger partial charge in [0, 0.05) is 7.11 Å². The highest BCUT2D eigenvalue weighted by molar-refractivity contribution is 5.18. The van der Waals surface area contributed by atoms with Crippen molar-refractivity contribution in [3.05, 3.63) is 35.9 Å². The van der Waals surface area contributed by atoms with Crippen LogP contribution in [-0.2, 0) is 4.74 Å². The highest BCUT2D eigenvalue weighted by Crippen LogP contribution is 2.16. The molecule has 1 unspecified atom stereocenters. The zero-order valence-electron chi connectivity index (χ0n) is 8.60. The van der Waals surface area contributed by atoms with E-state index in [1.165, 1.54) is 0 Å². The smallest absolute Gasteiger partial charge is 0.0965 e. The van der Waals surface area contributed by atoms with Crippen molar-refractivity contribution in [2.45, 2.75) is 12.1 Å². The van der Waals surface area contributed by atoms with Gasteiger partial charge in [-0.3, -0.25) is 0 Å². The Balaban J connectivity index is 2.67. The molecule has 0 saturated heterocycles. The SMILES string of the molecule is CNC(COC)[C@@H](O)c1ccccc1. The van der Waals surface area contributed by atoms with Gasteiger partial charge in [-0.25, -0.2) is 0 Å². The molecule has 0 heterocycles. The van der Waals surface area contributed by atoms with Gasteiger partial charge in [-0.2, -0.15) is 0 Å². The summed E-state index contributed by atoms with van der Waals surface area (Å²) in [6.45, 7) is 0.493. The van der Waals surface area contributed by atoms with Crippen molar-refractivity contribution >= 4 is 0 Å². The first-order valence-electron chi connectivity index (χ1n) is 4.68. The van der Waals surface area contributed by atoms with Crippen LogP contribution in [0.3, 0.4) is 0 Å². The Hall–Kier alpha value is -0.900. The minimum absolute atomic E-state index is 0.0672. The van der Waals surface area contributed by atoms with Gasteiger partial charge in [0.2, 0.25) is 0 Å². The molecule has 0 aromatic heterocycles. The zero-order chi connectivity index (χ0) is 10.4. The maximum atomic E-state index is 9.97. The van der Waals surface area contributed by atoms with Gasteiger partial charge in [0.15, 0.2) is 0 Å². The Morgan fingerprint density at radius 1 is 1.36 bits per heavy atom. The van der Waals surface area contributed by atoms with Gasteiger partial charge in [0.1, 0.15) is 0 Å². The molecule has 0 aliphatic rings. The van der Waals surface area contributed by atoms with Crippen LogP contribution in [0.2, 0.25) is 0 Å². The highest BCUT2D eigenvalue weighted by Gasteiger charge is 2.18. The molecule has 0 aliphatic heterocycles. The number of benzene rings is 1. The Labute approximate surface area is 84.7 Å². The van der Waals surface area contributed by atoms with Gasteiger partial charge in [-0.1, -0.05) is 30.3 Å². The van der Waals surface area contributed by atoms with Crippen LogP contribution in [-0.4, -0.2) is 31.9 Å². The molecule has 1 aromatic rings. The summed E-state index contributed by atoms with van der Waals surface area (Å²) in [5.74, 6) is 0. The molecule has 0 amide bonds. The van der Waals surface area contributed by atoms with E-state index >= 15 is 0 Å². The average molecular weight is 195 g/mol. The highest BCUT2D eigenvalue weighted by atomic mass is 16.5. The molecule has 78 valence electrons. The van der Waals surface area contributed by atoms with E-state index in [2.05, 4.69) is 5.32 Å². The molecule has 3 nitrogen and oxygen atoms in total. The lowest BCUT2D eigenvalue weighted by molar-refractivity contribution is 0.0734. The first-order valence-corrected chi connectivity index (χ1v) is 4.68. The minimum atomic E-state index is -0.527. The third kappa shape index (κ3) is 2.80. The normalized spacial score (nSPS) is 15.1. The van der Waals surface area contributed by atoms with Gasteiger partial charge < -0.3 is 15.2 Å². The Kier molecular flexibility index (Phi) is 4.59. The standard InChI is InChI=1S/C11H17NO2/c1-12-10(8-14-2)11(13)9-6-4-3-5-7-9/h3-7,10-13H,8H2,1-2H3/t10?,11-/m0/s1. The number of ether oxygens (including phenoxy) is 1. The summed E-state index contributed by atoms with van der Waals surface area (Å²) in [6.07, 6.45) is -0.527. The lowest BCUT2D eigenvalue weighted by Gasteiger charge is -2.21. The van der Waals surface area contributed by atoms with E-state index < -0.39 is 6.10 Å². The largest absolute Gasteiger partial charge is 0.387 e. The first kappa shape index (κ1) is 11.2. The minimum Gasteiger partial charge on any atom is -0.387 e. The fourth-order valence-electron chi connectivity index (χ4n) is 1.39. The summed E-state index contributed by atoms with van der Waals surface area (Å²) < 4.78 is 5.01. The number of hydrogen-bond donors (Lipinski definition) is 2. The third-order valence-electron chi connectivity index (χ3n) is 2.24. The maximum absolute atomic E-state index is 9.97. The summed E-state index contributed by atoms with van der Waals surface area (Å²) in [4.78, 5) is 0. The lowest BCUT2D eigenvalue weighted by Crippen LogP contribution is -2.36. The van der Waals surface area contributed by atoms with Gasteiger partial charge in [-0.15, -0.1) is 0 Å². The molecule has 2 atom stereocenters. The number of aliphatic hydroxyl groups excluding tert-OH is 1. The molecule has 0 aliphatic carbocycles. The van der Waals surface area contributed by atoms with Crippen molar-refractivity contribution in [2.24, 2.45) is 0 Å². The summed E-state index contributed by atoms with van der Waals surface area (Å²) in [7, 11) is 3.44. The second-order valence-corrected chi connectivity index (χ2v) is 3.21. The lowest BCUT2D eigenvalue weighted by atomic mass is 10.0. The van der Waals surface area contributed by atoms with E-state index in [9.17, 15) is 5.11 Å². The van der Waals surface area contributed by atoms with E-state index in [4.69, 9.17) is 4.74 Å². The number of nitrogens with one attached hydrogen (secondary N) is 1. The fraction of sp³-hybridized carbons (Fsp3) is 0.455. The van der Waals surface area contributed by atoms with Crippen molar-refractivity contribution in [3.63, 3.8) is 0 Å². The van der Waals surface area contributed by atoms with Gasteiger partial charge >= 0.3 is 0 Å². The van der Waals surface area contributed by atoms with E-state index in [1.54, 1.807) is 7.11 Å². The molecular weight excluding hydrogens is 178 g/mol. The van der Waals surface area contributed by atoms with Gasteiger partial charge in [0.05, 0.1) is 18.8 Å². The Morgan fingerprint density at radius 3 is 2.50 bits per heavy atom. The van der Waals surface area contributed by atoms with E-state index in [0.29, 0.717) is 6.61 Å². The number of hydrogen-bond acceptors (Lipinski definition) is 3. The quantitative estimate of drug-likeness (QED) is 0.735. The zero-order valence-corrected chi connectivity index (χ0v) is 8.60. The molecule has 1 rings (SSSR count). The number of methoxy groups -OCH3 is 1. The van der Waals surface area contributed by atoms with Crippen molar-refractivity contribution in [3.8, 4) is 0 Å². The van der Waals surface area contributed by atoms with E-state index in [1.807, 2.05) is 37.4 Å². The number of aliphatic hydroxyl groups is 1. The first-order chi connectivity index (χ1) is 6.79. The van der Waals surface area contributed by atoms with Gasteiger partial charge in [-0.05, 0) is 12.6 Å². The van der Waals surface area contributed by atoms with Crippen LogP contribution in [0.1, 0.15) is 11.7 Å². The molecule has 0 spiro atoms. The summed E-state index contributed by atoms with van der Waals surface area (Å²) in [6, 6.07) is 9.51. The molecule has 3 heteroatoms. The number of rotatable bonds is 5. The molecule has 0 radical (unpaired) electrons. The Morgan fingerprint density at radius 2 is 2.00 bits per heavy atom. The summed E-state index contributed by atoms with van der Waals surface area (Å²) in [5, 5.41) is 13.0. The molecule has 2 N–H and O–H groups in total. The second-order valence-electron chi connectivity index (χ2n) is 3.21. The number of likely N-dealkylation sites (N-methyl/N-ethyl adjacent to an activating group) is 1. The molecule has 0 bridgehead atoms. The van der Waals surface area contributed by atoms with Crippen LogP contribution < -0.4 is 5.32 Å². The topological polar surface area (TPSA) is 41.5 Å². The predicted octanol–water partition coefficient (Wildman–Crippen LogP) is 0.954. The molecule has 0 fully saturated rings. The maximum Gasteiger partial charge on any atom is 0.0965 e. The third-order valence-corrected chi connectivity index (χ3v) is 2.24. The predicted molar refractivity (Wildman–Crippen MR) is 56.1 cm³/mol. The average Bonchev–Trinajstić information content (AvgIpc) is 2.26. The summed E-state index contributed by atoms with van der Waals surface area (Å²) in [5.41, 5.74) is 0.906. The van der Waals surface area contributed by atoms with E-state index in [-0.39, 0.29) is 6.04 Å². The monoisotopic (exact) mass is 195 g/mol. The van der Waals surface area contributed by atoms with Crippen molar-refractivity contribution in [2.75, 3.05) is 20.8 Å². The molecule has 14 heavy (non-hydrogen) atoms. The van der Waals surface area contributed by atoms with Crippen LogP contribution in [0.15, 0.2) is 30.3 Å². The van der Waals surface area contributed by atoms with Crippen LogP contribution in [0.25, 0.3) is 0 Å². The van der Waals surface area contributed by atoms with Crippen LogP contribution in [0.4, 0.5) is 0 Å². The van der Waals surface area contributed by atoms with Crippen LogP contribution in [0, 0.1) is 0 Å². The van der Waals surface area contributed by atoms with E-state index in [0.717, 1.165) is 5.56 Å². The van der Waals surface area contributed by atoms with Crippen molar-refractivity contribution < 1.29 is 9.84 Å². The molecule has 0 saturated carbocycles. The Bertz CT molecular complexity index is 251. The van der Waals surface area contributed by atoms with Crippen molar-refractivity contribution in [1.82, 2.24) is 5.32 Å². The second kappa shape index (κ2) is 5.75. The van der Waals surface area contributed by atoms with Crippen LogP contribution in [0.5, 0.6) is 0 Å². The van der Waals surface area contributed by atoms with Crippen LogP contribution >= 0.6 is 0 Å². The molecular formula is C11H17NO2. The van der Waals surface area contributed by atoms with Crippen molar-refractivity contribution in [1.29, 1.82) is 0 Å². The summed E-state index contributed by atoms with van der Waals surface area (Å²) >= 11 is 0.